The maximum atomic E-state index is 13.7. The minimum Gasteiger partial charge on any atom is -0.466 e. The van der Waals surface area contributed by atoms with E-state index < -0.39 is 10.0 Å². The van der Waals surface area contributed by atoms with E-state index in [0.29, 0.717) is 65.3 Å². The molecule has 2 saturated heterocycles. The summed E-state index contributed by atoms with van der Waals surface area (Å²) in [5.74, 6) is -0.842. The van der Waals surface area contributed by atoms with E-state index in [1.165, 1.54) is 15.2 Å². The van der Waals surface area contributed by atoms with Crippen molar-refractivity contribution in [1.29, 1.82) is 0 Å². The molecule has 4 rings (SSSR count). The summed E-state index contributed by atoms with van der Waals surface area (Å²) in [7, 11) is -3.97. The van der Waals surface area contributed by atoms with Crippen LogP contribution in [-0.4, -0.2) is 85.2 Å². The summed E-state index contributed by atoms with van der Waals surface area (Å²) in [5, 5.41) is 4.13. The molecule has 0 spiro atoms. The molecule has 11 heteroatoms. The fraction of sp³-hybridized carbons (Fsp3) is 0.577. The van der Waals surface area contributed by atoms with E-state index in [-0.39, 0.29) is 28.4 Å². The van der Waals surface area contributed by atoms with Gasteiger partial charge < -0.3 is 14.5 Å². The molecule has 0 bridgehead atoms. The first kappa shape index (κ1) is 27.1. The van der Waals surface area contributed by atoms with Gasteiger partial charge in [-0.25, -0.2) is 8.42 Å². The lowest BCUT2D eigenvalue weighted by Gasteiger charge is -2.36. The van der Waals surface area contributed by atoms with Gasteiger partial charge in [-0.05, 0) is 57.7 Å². The molecule has 2 fully saturated rings. The summed E-state index contributed by atoms with van der Waals surface area (Å²) in [5.41, 5.74) is 3.53. The number of esters is 1. The van der Waals surface area contributed by atoms with Crippen molar-refractivity contribution in [3.8, 4) is 0 Å². The Morgan fingerprint density at radius 1 is 1.03 bits per heavy atom. The molecule has 0 atom stereocenters. The number of aromatic nitrogens is 2. The predicted molar refractivity (Wildman–Crippen MR) is 140 cm³/mol. The third-order valence-corrected chi connectivity index (χ3v) is 9.05. The van der Waals surface area contributed by atoms with E-state index in [9.17, 15) is 18.0 Å². The van der Waals surface area contributed by atoms with Crippen molar-refractivity contribution >= 4 is 27.6 Å². The standard InChI is InChI=1S/C26H37N5O5S/c1-5-30-18-22(25(32)29-11-9-21(10-12-29)26(33)36-6-2)24(27-30)37(34,35)31-15-13-28(14-16-31)23-17-19(3)7-8-20(23)4/h7-8,17-18,21H,5-6,9-16H2,1-4H3. The Morgan fingerprint density at radius 3 is 2.32 bits per heavy atom. The molecule has 2 aliphatic heterocycles. The van der Waals surface area contributed by atoms with Crippen LogP contribution in [-0.2, 0) is 26.1 Å². The molecule has 37 heavy (non-hydrogen) atoms. The summed E-state index contributed by atoms with van der Waals surface area (Å²) in [6.45, 7) is 11.0. The Morgan fingerprint density at radius 2 is 1.70 bits per heavy atom. The highest BCUT2D eigenvalue weighted by molar-refractivity contribution is 7.89. The highest BCUT2D eigenvalue weighted by atomic mass is 32.2. The van der Waals surface area contributed by atoms with Crippen LogP contribution in [0.3, 0.4) is 0 Å². The average molecular weight is 532 g/mol. The first-order chi connectivity index (χ1) is 17.6. The number of aryl methyl sites for hydroxylation is 3. The lowest BCUT2D eigenvalue weighted by atomic mass is 9.96. The monoisotopic (exact) mass is 531 g/mol. The SMILES string of the molecule is CCOC(=O)C1CCN(C(=O)c2cn(CC)nc2S(=O)(=O)N2CCN(c3cc(C)ccc3C)CC2)CC1. The van der Waals surface area contributed by atoms with E-state index in [2.05, 4.69) is 35.1 Å². The zero-order valence-electron chi connectivity index (χ0n) is 22.1. The van der Waals surface area contributed by atoms with Gasteiger partial charge in [0.1, 0.15) is 0 Å². The van der Waals surface area contributed by atoms with Crippen LogP contribution in [0.25, 0.3) is 0 Å². The second-order valence-electron chi connectivity index (χ2n) is 9.70. The van der Waals surface area contributed by atoms with Gasteiger partial charge in [-0.1, -0.05) is 12.1 Å². The molecule has 0 unspecified atom stereocenters. The molecule has 202 valence electrons. The smallest absolute Gasteiger partial charge is 0.309 e. The Balaban J connectivity index is 1.49. The van der Waals surface area contributed by atoms with Crippen LogP contribution < -0.4 is 4.90 Å². The fourth-order valence-corrected chi connectivity index (χ4v) is 6.52. The molecule has 1 aromatic carbocycles. The Labute approximate surface area is 219 Å². The number of amides is 1. The summed E-state index contributed by atoms with van der Waals surface area (Å²) in [6, 6.07) is 6.28. The summed E-state index contributed by atoms with van der Waals surface area (Å²) < 4.78 is 35.4. The minimum absolute atomic E-state index is 0.0911. The van der Waals surface area contributed by atoms with Crippen LogP contribution in [0.1, 0.15) is 48.2 Å². The first-order valence-electron chi connectivity index (χ1n) is 13.0. The first-order valence-corrected chi connectivity index (χ1v) is 14.4. The van der Waals surface area contributed by atoms with Crippen molar-refractivity contribution in [3.63, 3.8) is 0 Å². The van der Waals surface area contributed by atoms with Gasteiger partial charge in [-0.3, -0.25) is 14.3 Å². The van der Waals surface area contributed by atoms with Gasteiger partial charge in [-0.15, -0.1) is 0 Å². The van der Waals surface area contributed by atoms with E-state index in [1.807, 2.05) is 13.8 Å². The Hall–Kier alpha value is -2.92. The molecular weight excluding hydrogens is 494 g/mol. The van der Waals surface area contributed by atoms with Gasteiger partial charge >= 0.3 is 5.97 Å². The van der Waals surface area contributed by atoms with Gasteiger partial charge in [0.15, 0.2) is 0 Å². The van der Waals surface area contributed by atoms with Crippen LogP contribution in [0, 0.1) is 19.8 Å². The number of carbonyl (C=O) groups is 2. The third-order valence-electron chi connectivity index (χ3n) is 7.21. The lowest BCUT2D eigenvalue weighted by molar-refractivity contribution is -0.149. The number of rotatable bonds is 7. The van der Waals surface area contributed by atoms with Gasteiger partial charge in [0.25, 0.3) is 15.9 Å². The second-order valence-corrected chi connectivity index (χ2v) is 11.6. The number of benzene rings is 1. The molecule has 1 amide bonds. The normalized spacial score (nSPS) is 17.7. The number of nitrogens with zero attached hydrogens (tertiary/aromatic N) is 5. The number of piperazine rings is 1. The van der Waals surface area contributed by atoms with Gasteiger partial charge in [-0.2, -0.15) is 9.40 Å². The van der Waals surface area contributed by atoms with E-state index in [4.69, 9.17) is 4.74 Å². The number of hydrogen-bond acceptors (Lipinski definition) is 7. The topological polar surface area (TPSA) is 105 Å². The molecule has 1 aromatic heterocycles. The fourth-order valence-electron chi connectivity index (χ4n) is 5.00. The minimum atomic E-state index is -3.97. The van der Waals surface area contributed by atoms with E-state index >= 15 is 0 Å². The van der Waals surface area contributed by atoms with Crippen LogP contribution in [0.2, 0.25) is 0 Å². The van der Waals surface area contributed by atoms with Crippen molar-refractivity contribution in [3.05, 3.63) is 41.1 Å². The van der Waals surface area contributed by atoms with Gasteiger partial charge in [0.2, 0.25) is 5.03 Å². The van der Waals surface area contributed by atoms with E-state index in [0.717, 1.165) is 16.8 Å². The Kier molecular flexibility index (Phi) is 8.23. The second kappa shape index (κ2) is 11.2. The number of hydrogen-bond donors (Lipinski definition) is 0. The lowest BCUT2D eigenvalue weighted by Crippen LogP contribution is -2.49. The van der Waals surface area contributed by atoms with Crippen LogP contribution in [0.15, 0.2) is 29.4 Å². The molecule has 0 radical (unpaired) electrons. The van der Waals surface area contributed by atoms with Crippen LogP contribution in [0.4, 0.5) is 5.69 Å². The molecule has 2 aliphatic rings. The highest BCUT2D eigenvalue weighted by Gasteiger charge is 2.37. The molecule has 0 N–H and O–H groups in total. The van der Waals surface area contributed by atoms with Crippen LogP contribution >= 0.6 is 0 Å². The molecular formula is C26H37N5O5S. The average Bonchev–Trinajstić information content (AvgIpc) is 3.35. The van der Waals surface area contributed by atoms with Crippen molar-refractivity contribution in [2.24, 2.45) is 5.92 Å². The zero-order valence-corrected chi connectivity index (χ0v) is 23.0. The maximum Gasteiger partial charge on any atom is 0.309 e. The number of sulfonamides is 1. The third kappa shape index (κ3) is 5.67. The molecule has 3 heterocycles. The highest BCUT2D eigenvalue weighted by Crippen LogP contribution is 2.27. The van der Waals surface area contributed by atoms with E-state index in [1.54, 1.807) is 11.8 Å². The number of anilines is 1. The zero-order chi connectivity index (χ0) is 26.7. The summed E-state index contributed by atoms with van der Waals surface area (Å²) in [4.78, 5) is 29.3. The van der Waals surface area contributed by atoms with Crippen molar-refractivity contribution in [2.75, 3.05) is 50.8 Å². The number of piperidine rings is 1. The van der Waals surface area contributed by atoms with Gasteiger partial charge in [0, 0.05) is 57.7 Å². The Bertz CT molecular complexity index is 1240. The molecule has 10 nitrogen and oxygen atoms in total. The predicted octanol–water partition coefficient (Wildman–Crippen LogP) is 2.45. The number of carbonyl (C=O) groups excluding carboxylic acids is 2. The molecule has 2 aromatic rings. The number of ether oxygens (including phenoxy) is 1. The van der Waals surface area contributed by atoms with Crippen molar-refractivity contribution in [2.45, 2.75) is 52.1 Å². The largest absolute Gasteiger partial charge is 0.466 e. The summed E-state index contributed by atoms with van der Waals surface area (Å²) in [6.07, 6.45) is 2.52. The van der Waals surface area contributed by atoms with Crippen molar-refractivity contribution < 1.29 is 22.7 Å². The van der Waals surface area contributed by atoms with Crippen LogP contribution in [0.5, 0.6) is 0 Å². The number of likely N-dealkylation sites (tertiary alicyclic amines) is 1. The molecule has 0 aliphatic carbocycles. The quantitative estimate of drug-likeness (QED) is 0.506. The van der Waals surface area contributed by atoms with Gasteiger partial charge in [0.05, 0.1) is 18.1 Å². The summed E-state index contributed by atoms with van der Waals surface area (Å²) >= 11 is 0. The molecule has 0 saturated carbocycles. The maximum absolute atomic E-state index is 13.7. The van der Waals surface area contributed by atoms with Crippen molar-refractivity contribution in [1.82, 2.24) is 19.0 Å².